The number of aldehydes is 1. The maximum absolute atomic E-state index is 13.6. The average molecular weight is 378 g/mol. The van der Waals surface area contributed by atoms with Gasteiger partial charge < -0.3 is 4.74 Å². The first-order valence-corrected chi connectivity index (χ1v) is 9.36. The maximum atomic E-state index is 13.6. The summed E-state index contributed by atoms with van der Waals surface area (Å²) in [6, 6.07) is 7.09. The lowest BCUT2D eigenvalue weighted by Crippen LogP contribution is -2.30. The van der Waals surface area contributed by atoms with E-state index in [0.717, 1.165) is 31.7 Å². The molecule has 2 aromatic carbocycles. The maximum Gasteiger partial charge on any atom is 0.417 e. The summed E-state index contributed by atoms with van der Waals surface area (Å²) in [4.78, 5) is 11.7. The lowest BCUT2D eigenvalue weighted by atomic mass is 9.72. The Morgan fingerprint density at radius 1 is 1.00 bits per heavy atom. The molecular formula is C22H25F3O2. The Hall–Kier alpha value is -2.04. The Morgan fingerprint density at radius 3 is 2.11 bits per heavy atom. The van der Waals surface area contributed by atoms with Gasteiger partial charge in [-0.2, -0.15) is 13.2 Å². The standard InChI is InChI=1S/C22H25F3O2/c1-21(2,3)14-8-10-15(11-9-14)27-20-12-19(22(23,24)25)17-7-5-4-6-16(17)18(20)13-26/h4-7,12-15H,8-11H2,1-3H3. The minimum Gasteiger partial charge on any atom is -0.490 e. The molecule has 0 amide bonds. The highest BCUT2D eigenvalue weighted by Crippen LogP contribution is 2.42. The van der Waals surface area contributed by atoms with Crippen LogP contribution in [0, 0.1) is 11.3 Å². The molecule has 0 bridgehead atoms. The zero-order valence-electron chi connectivity index (χ0n) is 15.9. The molecule has 1 saturated carbocycles. The van der Waals surface area contributed by atoms with Crippen LogP contribution in [0.15, 0.2) is 30.3 Å². The van der Waals surface area contributed by atoms with Crippen molar-refractivity contribution in [1.29, 1.82) is 0 Å². The summed E-state index contributed by atoms with van der Waals surface area (Å²) in [6.07, 6.45) is -0.552. The molecule has 2 aromatic rings. The fourth-order valence-electron chi connectivity index (χ4n) is 4.05. The molecule has 0 saturated heterocycles. The number of halogens is 3. The molecule has 3 rings (SSSR count). The van der Waals surface area contributed by atoms with E-state index >= 15 is 0 Å². The first-order valence-electron chi connectivity index (χ1n) is 9.36. The molecule has 2 nitrogen and oxygen atoms in total. The summed E-state index contributed by atoms with van der Waals surface area (Å²) in [5.74, 6) is 0.612. The van der Waals surface area contributed by atoms with E-state index < -0.39 is 11.7 Å². The van der Waals surface area contributed by atoms with Gasteiger partial charge in [-0.1, -0.05) is 45.0 Å². The zero-order chi connectivity index (χ0) is 19.8. The third-order valence-electron chi connectivity index (χ3n) is 5.66. The third kappa shape index (κ3) is 4.12. The van der Waals surface area contributed by atoms with Crippen LogP contribution in [0.4, 0.5) is 13.2 Å². The molecule has 0 radical (unpaired) electrons. The van der Waals surface area contributed by atoms with Gasteiger partial charge in [0.25, 0.3) is 0 Å². The quantitative estimate of drug-likeness (QED) is 0.559. The lowest BCUT2D eigenvalue weighted by Gasteiger charge is -2.37. The van der Waals surface area contributed by atoms with E-state index in [2.05, 4.69) is 20.8 Å². The van der Waals surface area contributed by atoms with Crippen molar-refractivity contribution < 1.29 is 22.7 Å². The topological polar surface area (TPSA) is 26.3 Å². The molecule has 27 heavy (non-hydrogen) atoms. The van der Waals surface area contributed by atoms with Crippen molar-refractivity contribution in [1.82, 2.24) is 0 Å². The van der Waals surface area contributed by atoms with Gasteiger partial charge in [0.15, 0.2) is 6.29 Å². The highest BCUT2D eigenvalue weighted by atomic mass is 19.4. The fourth-order valence-corrected chi connectivity index (χ4v) is 4.05. The summed E-state index contributed by atoms with van der Waals surface area (Å²) < 4.78 is 46.6. The Kier molecular flexibility index (Phi) is 5.24. The molecule has 0 aromatic heterocycles. The smallest absolute Gasteiger partial charge is 0.417 e. The Morgan fingerprint density at radius 2 is 1.59 bits per heavy atom. The van der Waals surface area contributed by atoms with Crippen molar-refractivity contribution in [3.63, 3.8) is 0 Å². The van der Waals surface area contributed by atoms with Crippen LogP contribution in [0.5, 0.6) is 5.75 Å². The average Bonchev–Trinajstić information content (AvgIpc) is 2.60. The molecule has 146 valence electrons. The number of alkyl halides is 3. The summed E-state index contributed by atoms with van der Waals surface area (Å²) in [7, 11) is 0. The largest absolute Gasteiger partial charge is 0.490 e. The van der Waals surface area contributed by atoms with Crippen molar-refractivity contribution in [3.05, 3.63) is 41.5 Å². The van der Waals surface area contributed by atoms with Crippen LogP contribution < -0.4 is 4.74 Å². The molecule has 0 atom stereocenters. The number of rotatable bonds is 3. The summed E-state index contributed by atoms with van der Waals surface area (Å²) >= 11 is 0. The van der Waals surface area contributed by atoms with E-state index in [1.165, 1.54) is 12.1 Å². The minimum absolute atomic E-state index is 0.0240. The van der Waals surface area contributed by atoms with Gasteiger partial charge in [-0.3, -0.25) is 4.79 Å². The van der Waals surface area contributed by atoms with Gasteiger partial charge >= 0.3 is 6.18 Å². The van der Waals surface area contributed by atoms with Gasteiger partial charge in [0.05, 0.1) is 17.2 Å². The molecule has 1 fully saturated rings. The van der Waals surface area contributed by atoms with Crippen LogP contribution in [-0.4, -0.2) is 12.4 Å². The predicted octanol–water partition coefficient (Wildman–Crippen LogP) is 6.65. The molecular weight excluding hydrogens is 353 g/mol. The van der Waals surface area contributed by atoms with Crippen LogP contribution in [0.2, 0.25) is 0 Å². The summed E-state index contributed by atoms with van der Waals surface area (Å²) in [6.45, 7) is 6.63. The van der Waals surface area contributed by atoms with Crippen LogP contribution >= 0.6 is 0 Å². The van der Waals surface area contributed by atoms with Crippen molar-refractivity contribution in [3.8, 4) is 5.75 Å². The molecule has 0 aliphatic heterocycles. The number of benzene rings is 2. The molecule has 0 N–H and O–H groups in total. The minimum atomic E-state index is -4.51. The number of carbonyl (C=O) groups excluding carboxylic acids is 1. The highest BCUT2D eigenvalue weighted by Gasteiger charge is 2.35. The lowest BCUT2D eigenvalue weighted by molar-refractivity contribution is -0.136. The van der Waals surface area contributed by atoms with E-state index in [1.807, 2.05) is 0 Å². The highest BCUT2D eigenvalue weighted by molar-refractivity contribution is 6.02. The second-order valence-electron chi connectivity index (χ2n) is 8.45. The van der Waals surface area contributed by atoms with Crippen LogP contribution in [0.1, 0.15) is 62.4 Å². The Balaban J connectivity index is 1.94. The normalized spacial score (nSPS) is 21.3. The van der Waals surface area contributed by atoms with E-state index in [1.54, 1.807) is 12.1 Å². The number of ether oxygens (including phenoxy) is 1. The first kappa shape index (κ1) is 19.7. The van der Waals surface area contributed by atoms with Crippen molar-refractivity contribution in [2.75, 3.05) is 0 Å². The molecule has 0 spiro atoms. The summed E-state index contributed by atoms with van der Waals surface area (Å²) in [5, 5.41) is 0.302. The van der Waals surface area contributed by atoms with Crippen LogP contribution in [0.25, 0.3) is 10.8 Å². The summed E-state index contributed by atoms with van der Waals surface area (Å²) in [5.41, 5.74) is -0.357. The van der Waals surface area contributed by atoms with E-state index in [9.17, 15) is 18.0 Å². The molecule has 5 heteroatoms. The molecule has 0 unspecified atom stereocenters. The second kappa shape index (κ2) is 7.17. The van der Waals surface area contributed by atoms with Gasteiger partial charge in [-0.15, -0.1) is 0 Å². The Bertz CT molecular complexity index is 826. The van der Waals surface area contributed by atoms with Crippen molar-refractivity contribution in [2.24, 2.45) is 11.3 Å². The van der Waals surface area contributed by atoms with Gasteiger partial charge in [0, 0.05) is 0 Å². The third-order valence-corrected chi connectivity index (χ3v) is 5.66. The van der Waals surface area contributed by atoms with Crippen LogP contribution in [-0.2, 0) is 6.18 Å². The molecule has 1 aliphatic rings. The predicted molar refractivity (Wildman–Crippen MR) is 100 cm³/mol. The number of carbonyl (C=O) groups is 1. The Labute approximate surface area is 157 Å². The molecule has 1 aliphatic carbocycles. The van der Waals surface area contributed by atoms with Crippen LogP contribution in [0.3, 0.4) is 0 Å². The molecule has 0 heterocycles. The van der Waals surface area contributed by atoms with Crippen molar-refractivity contribution >= 4 is 17.1 Å². The number of hydrogen-bond acceptors (Lipinski definition) is 2. The van der Waals surface area contributed by atoms with E-state index in [4.69, 9.17) is 4.74 Å². The van der Waals surface area contributed by atoms with Crippen molar-refractivity contribution in [2.45, 2.75) is 58.7 Å². The van der Waals surface area contributed by atoms with Gasteiger partial charge in [0.2, 0.25) is 0 Å². The van der Waals surface area contributed by atoms with Gasteiger partial charge in [-0.25, -0.2) is 0 Å². The number of fused-ring (bicyclic) bond motifs is 1. The fraction of sp³-hybridized carbons (Fsp3) is 0.500. The number of hydrogen-bond donors (Lipinski definition) is 0. The second-order valence-corrected chi connectivity index (χ2v) is 8.45. The SMILES string of the molecule is CC(C)(C)C1CCC(Oc2cc(C(F)(F)F)c3ccccc3c2C=O)CC1. The van der Waals surface area contributed by atoms with Gasteiger partial charge in [-0.05, 0) is 53.9 Å². The monoisotopic (exact) mass is 378 g/mol. The first-order chi connectivity index (χ1) is 12.6. The zero-order valence-corrected chi connectivity index (χ0v) is 15.9. The van der Waals surface area contributed by atoms with Gasteiger partial charge in [0.1, 0.15) is 5.75 Å². The van der Waals surface area contributed by atoms with E-state index in [-0.39, 0.29) is 33.6 Å². The van der Waals surface area contributed by atoms with E-state index in [0.29, 0.717) is 12.2 Å².